The van der Waals surface area contributed by atoms with Crippen LogP contribution in [0.25, 0.3) is 0 Å². The van der Waals surface area contributed by atoms with Gasteiger partial charge >= 0.3 is 6.09 Å². The van der Waals surface area contributed by atoms with E-state index < -0.39 is 0 Å². The maximum Gasteiger partial charge on any atom is 0.410 e. The van der Waals surface area contributed by atoms with Crippen molar-refractivity contribution in [1.82, 2.24) is 4.90 Å². The Morgan fingerprint density at radius 3 is 2.62 bits per heavy atom. The van der Waals surface area contributed by atoms with E-state index in [2.05, 4.69) is 6.92 Å². The molecule has 2 atom stereocenters. The van der Waals surface area contributed by atoms with Gasteiger partial charge < -0.3 is 14.4 Å². The van der Waals surface area contributed by atoms with E-state index in [1.807, 2.05) is 13.8 Å². The summed E-state index contributed by atoms with van der Waals surface area (Å²) < 4.78 is 10.5. The maximum absolute atomic E-state index is 11.6. The van der Waals surface area contributed by atoms with Gasteiger partial charge in [0.1, 0.15) is 6.10 Å². The average Bonchev–Trinajstić information content (AvgIpc) is 2.92. The van der Waals surface area contributed by atoms with E-state index >= 15 is 0 Å². The SMILES string of the molecule is CC.CC1CCN(C(=O)OC2CCOC2)C1. The van der Waals surface area contributed by atoms with Crippen molar-refractivity contribution in [2.75, 3.05) is 26.3 Å². The molecule has 0 aromatic heterocycles. The fraction of sp³-hybridized carbons (Fsp3) is 0.917. The zero-order valence-electron chi connectivity index (χ0n) is 10.6. The smallest absolute Gasteiger partial charge is 0.410 e. The summed E-state index contributed by atoms with van der Waals surface area (Å²) in [7, 11) is 0. The molecule has 0 bridgehead atoms. The molecule has 2 unspecified atom stereocenters. The van der Waals surface area contributed by atoms with Crippen molar-refractivity contribution in [2.45, 2.75) is 39.7 Å². The Labute approximate surface area is 97.9 Å². The number of nitrogens with zero attached hydrogens (tertiary/aromatic N) is 1. The first-order valence-electron chi connectivity index (χ1n) is 6.29. The summed E-state index contributed by atoms with van der Waals surface area (Å²) in [5, 5.41) is 0. The number of hydrogen-bond acceptors (Lipinski definition) is 3. The van der Waals surface area contributed by atoms with Crippen LogP contribution >= 0.6 is 0 Å². The molecule has 2 aliphatic heterocycles. The van der Waals surface area contributed by atoms with Gasteiger partial charge in [0.25, 0.3) is 0 Å². The van der Waals surface area contributed by atoms with E-state index in [-0.39, 0.29) is 12.2 Å². The van der Waals surface area contributed by atoms with Gasteiger partial charge in [-0.15, -0.1) is 0 Å². The molecule has 0 saturated carbocycles. The summed E-state index contributed by atoms with van der Waals surface area (Å²) in [5.74, 6) is 0.613. The van der Waals surface area contributed by atoms with Crippen LogP contribution in [0, 0.1) is 5.92 Å². The molecule has 16 heavy (non-hydrogen) atoms. The van der Waals surface area contributed by atoms with Crippen LogP contribution in [0.2, 0.25) is 0 Å². The summed E-state index contributed by atoms with van der Waals surface area (Å²) in [6.07, 6.45) is 1.76. The fourth-order valence-electron chi connectivity index (χ4n) is 1.92. The van der Waals surface area contributed by atoms with Gasteiger partial charge in [-0.25, -0.2) is 4.79 Å². The molecular formula is C12H23NO3. The second kappa shape index (κ2) is 6.74. The van der Waals surface area contributed by atoms with Crippen LogP contribution in [0.5, 0.6) is 0 Å². The van der Waals surface area contributed by atoms with Crippen LogP contribution in [-0.4, -0.2) is 43.4 Å². The molecule has 0 aliphatic carbocycles. The lowest BCUT2D eigenvalue weighted by Crippen LogP contribution is -2.32. The molecule has 1 amide bonds. The van der Waals surface area contributed by atoms with Gasteiger partial charge in [-0.3, -0.25) is 0 Å². The highest BCUT2D eigenvalue weighted by Crippen LogP contribution is 2.17. The van der Waals surface area contributed by atoms with Crippen molar-refractivity contribution in [1.29, 1.82) is 0 Å². The van der Waals surface area contributed by atoms with Crippen molar-refractivity contribution in [3.8, 4) is 0 Å². The van der Waals surface area contributed by atoms with E-state index in [9.17, 15) is 4.79 Å². The number of amides is 1. The molecule has 0 spiro atoms. The average molecular weight is 229 g/mol. The summed E-state index contributed by atoms with van der Waals surface area (Å²) in [4.78, 5) is 13.4. The Balaban J connectivity index is 0.000000606. The minimum atomic E-state index is -0.162. The zero-order valence-corrected chi connectivity index (χ0v) is 10.6. The van der Waals surface area contributed by atoms with Gasteiger partial charge in [0.15, 0.2) is 0 Å². The van der Waals surface area contributed by atoms with Gasteiger partial charge in [0.05, 0.1) is 13.2 Å². The van der Waals surface area contributed by atoms with E-state index in [1.54, 1.807) is 4.90 Å². The molecule has 0 N–H and O–H groups in total. The van der Waals surface area contributed by atoms with Crippen LogP contribution in [0.3, 0.4) is 0 Å². The summed E-state index contributed by atoms with van der Waals surface area (Å²) in [5.41, 5.74) is 0. The monoisotopic (exact) mass is 229 g/mol. The number of carbonyl (C=O) groups is 1. The molecule has 4 heteroatoms. The highest BCUT2D eigenvalue weighted by molar-refractivity contribution is 5.68. The quantitative estimate of drug-likeness (QED) is 0.692. The van der Waals surface area contributed by atoms with Crippen molar-refractivity contribution < 1.29 is 14.3 Å². The number of ether oxygens (including phenoxy) is 2. The first kappa shape index (κ1) is 13.3. The third kappa shape index (κ3) is 3.67. The molecule has 94 valence electrons. The fourth-order valence-corrected chi connectivity index (χ4v) is 1.92. The van der Waals surface area contributed by atoms with Crippen LogP contribution in [0.4, 0.5) is 4.79 Å². The second-order valence-electron chi connectivity index (χ2n) is 4.21. The number of hydrogen-bond donors (Lipinski definition) is 0. The normalized spacial score (nSPS) is 28.6. The highest BCUT2D eigenvalue weighted by Gasteiger charge is 2.27. The minimum absolute atomic E-state index is 0.0154. The van der Waals surface area contributed by atoms with Crippen molar-refractivity contribution in [3.63, 3.8) is 0 Å². The van der Waals surface area contributed by atoms with Crippen molar-refractivity contribution in [2.24, 2.45) is 5.92 Å². The zero-order chi connectivity index (χ0) is 12.0. The Kier molecular flexibility index (Phi) is 5.60. The van der Waals surface area contributed by atoms with E-state index in [1.165, 1.54) is 0 Å². The largest absolute Gasteiger partial charge is 0.444 e. The lowest BCUT2D eigenvalue weighted by molar-refractivity contribution is 0.0590. The molecule has 0 radical (unpaired) electrons. The minimum Gasteiger partial charge on any atom is -0.444 e. The molecule has 2 fully saturated rings. The Bertz CT molecular complexity index is 214. The first-order valence-corrected chi connectivity index (χ1v) is 6.29. The molecule has 2 saturated heterocycles. The first-order chi connectivity index (χ1) is 7.75. The van der Waals surface area contributed by atoms with E-state index in [0.29, 0.717) is 19.1 Å². The second-order valence-corrected chi connectivity index (χ2v) is 4.21. The lowest BCUT2D eigenvalue weighted by Gasteiger charge is -2.18. The summed E-state index contributed by atoms with van der Waals surface area (Å²) in [6, 6.07) is 0. The number of carbonyl (C=O) groups excluding carboxylic acids is 1. The van der Waals surface area contributed by atoms with Crippen LogP contribution in [0.15, 0.2) is 0 Å². The molecule has 2 heterocycles. The van der Waals surface area contributed by atoms with Gasteiger partial charge in [-0.1, -0.05) is 20.8 Å². The predicted octanol–water partition coefficient (Wildman–Crippen LogP) is 2.28. The summed E-state index contributed by atoms with van der Waals surface area (Å²) >= 11 is 0. The number of likely N-dealkylation sites (tertiary alicyclic amines) is 1. The van der Waals surface area contributed by atoms with Gasteiger partial charge in [-0.2, -0.15) is 0 Å². The van der Waals surface area contributed by atoms with Gasteiger partial charge in [-0.05, 0) is 12.3 Å². The Morgan fingerprint density at radius 2 is 2.12 bits per heavy atom. The number of rotatable bonds is 1. The van der Waals surface area contributed by atoms with E-state index in [0.717, 1.165) is 25.9 Å². The maximum atomic E-state index is 11.6. The van der Waals surface area contributed by atoms with E-state index in [4.69, 9.17) is 9.47 Å². The molecule has 2 rings (SSSR count). The molecular weight excluding hydrogens is 206 g/mol. The molecule has 2 aliphatic rings. The Morgan fingerprint density at radius 1 is 1.38 bits per heavy atom. The van der Waals surface area contributed by atoms with Crippen molar-refractivity contribution in [3.05, 3.63) is 0 Å². The van der Waals surface area contributed by atoms with Gasteiger partial charge in [0.2, 0.25) is 0 Å². The predicted molar refractivity (Wildman–Crippen MR) is 62.4 cm³/mol. The standard InChI is InChI=1S/C10H17NO3.C2H6/c1-8-2-4-11(6-8)10(12)14-9-3-5-13-7-9;1-2/h8-9H,2-7H2,1H3;1-2H3. The molecule has 0 aromatic rings. The van der Waals surface area contributed by atoms with Crippen LogP contribution in [0.1, 0.15) is 33.6 Å². The molecule has 0 aromatic carbocycles. The third-order valence-corrected chi connectivity index (χ3v) is 2.84. The summed E-state index contributed by atoms with van der Waals surface area (Å²) in [6.45, 7) is 9.12. The van der Waals surface area contributed by atoms with Crippen molar-refractivity contribution >= 4 is 6.09 Å². The topological polar surface area (TPSA) is 38.8 Å². The third-order valence-electron chi connectivity index (χ3n) is 2.84. The molecule has 4 nitrogen and oxygen atoms in total. The van der Waals surface area contributed by atoms with Gasteiger partial charge in [0, 0.05) is 19.5 Å². The highest BCUT2D eigenvalue weighted by atomic mass is 16.6. The van der Waals surface area contributed by atoms with Crippen LogP contribution in [-0.2, 0) is 9.47 Å². The van der Waals surface area contributed by atoms with Crippen LogP contribution < -0.4 is 0 Å². The Hall–Kier alpha value is -0.770. The lowest BCUT2D eigenvalue weighted by atomic mass is 10.2.